The van der Waals surface area contributed by atoms with Crippen LogP contribution in [0.15, 0.2) is 46.3 Å². The lowest BCUT2D eigenvalue weighted by atomic mass is 10.1. The van der Waals surface area contributed by atoms with Crippen LogP contribution in [0.5, 0.6) is 0 Å². The molecule has 0 N–H and O–H groups in total. The van der Waals surface area contributed by atoms with E-state index in [0.717, 1.165) is 21.3 Å². The van der Waals surface area contributed by atoms with Gasteiger partial charge in [-0.1, -0.05) is 11.3 Å². The van der Waals surface area contributed by atoms with Gasteiger partial charge in [0.15, 0.2) is 4.80 Å². The highest BCUT2D eigenvalue weighted by molar-refractivity contribution is 7.89. The molecule has 8 nitrogen and oxygen atoms in total. The number of thiazole rings is 1. The summed E-state index contributed by atoms with van der Waals surface area (Å²) in [5, 5.41) is 0. The van der Waals surface area contributed by atoms with Gasteiger partial charge in [-0.15, -0.1) is 0 Å². The number of fused-ring (bicyclic) bond motifs is 1. The number of rotatable bonds is 7. The van der Waals surface area contributed by atoms with E-state index in [0.29, 0.717) is 4.80 Å². The minimum atomic E-state index is -3.65. The molecule has 0 aliphatic carbocycles. The summed E-state index contributed by atoms with van der Waals surface area (Å²) in [5.41, 5.74) is 3.20. The molecule has 3 aromatic rings. The van der Waals surface area contributed by atoms with Gasteiger partial charge in [0.2, 0.25) is 10.0 Å². The van der Waals surface area contributed by atoms with Gasteiger partial charge < -0.3 is 9.30 Å². The van der Waals surface area contributed by atoms with Crippen molar-refractivity contribution in [2.24, 2.45) is 4.99 Å². The average Bonchev–Trinajstić information content (AvgIpc) is 3.09. The van der Waals surface area contributed by atoms with Gasteiger partial charge in [-0.2, -0.15) is 9.30 Å². The Morgan fingerprint density at radius 3 is 2.32 bits per heavy atom. The minimum Gasteiger partial charge on any atom is -0.465 e. The zero-order chi connectivity index (χ0) is 25.2. The number of hydrogen-bond acceptors (Lipinski definition) is 6. The van der Waals surface area contributed by atoms with Crippen LogP contribution in [-0.4, -0.2) is 48.9 Å². The molecule has 0 saturated carbocycles. The Kier molecular flexibility index (Phi) is 7.74. The number of carbonyl (C=O) groups excluding carboxylic acids is 2. The molecule has 34 heavy (non-hydrogen) atoms. The lowest BCUT2D eigenvalue weighted by Crippen LogP contribution is -2.33. The van der Waals surface area contributed by atoms with Gasteiger partial charge in [0.1, 0.15) is 6.54 Å². The van der Waals surface area contributed by atoms with E-state index >= 15 is 0 Å². The quantitative estimate of drug-likeness (QED) is 0.459. The smallest absolute Gasteiger partial charge is 0.326 e. The molecule has 1 aromatic heterocycles. The third-order valence-electron chi connectivity index (χ3n) is 5.59. The molecule has 0 radical (unpaired) electrons. The second kappa shape index (κ2) is 10.2. The number of aryl methyl sites for hydroxylation is 2. The lowest BCUT2D eigenvalue weighted by Gasteiger charge is -2.20. The minimum absolute atomic E-state index is 0.0683. The van der Waals surface area contributed by atoms with Crippen LogP contribution in [0.2, 0.25) is 0 Å². The first kappa shape index (κ1) is 25.8. The summed E-state index contributed by atoms with van der Waals surface area (Å²) in [6.45, 7) is 9.47. The third-order valence-corrected chi connectivity index (χ3v) is 8.68. The molecule has 0 unspecified atom stereocenters. The maximum atomic E-state index is 12.9. The number of amides is 1. The summed E-state index contributed by atoms with van der Waals surface area (Å²) in [4.78, 5) is 29.9. The molecule has 0 saturated heterocycles. The summed E-state index contributed by atoms with van der Waals surface area (Å²) in [5.74, 6) is -0.947. The van der Waals surface area contributed by atoms with Crippen LogP contribution in [0, 0.1) is 13.8 Å². The number of carbonyl (C=O) groups is 2. The van der Waals surface area contributed by atoms with Crippen molar-refractivity contribution in [1.29, 1.82) is 0 Å². The van der Waals surface area contributed by atoms with Crippen molar-refractivity contribution < 1.29 is 22.7 Å². The predicted octanol–water partition coefficient (Wildman–Crippen LogP) is 3.65. The molecule has 0 aliphatic heterocycles. The molecular weight excluding hydrogens is 474 g/mol. The van der Waals surface area contributed by atoms with Crippen LogP contribution < -0.4 is 4.80 Å². The molecule has 2 aromatic carbocycles. The Morgan fingerprint density at radius 2 is 1.74 bits per heavy atom. The summed E-state index contributed by atoms with van der Waals surface area (Å²) in [7, 11) is -2.14. The fourth-order valence-electron chi connectivity index (χ4n) is 3.26. The van der Waals surface area contributed by atoms with Crippen LogP contribution in [0.1, 0.15) is 42.3 Å². The molecule has 1 heterocycles. The third kappa shape index (κ3) is 5.29. The van der Waals surface area contributed by atoms with Gasteiger partial charge in [-0.25, -0.2) is 8.42 Å². The van der Waals surface area contributed by atoms with Gasteiger partial charge in [-0.05, 0) is 82.1 Å². The Labute approximate surface area is 203 Å². The van der Waals surface area contributed by atoms with Crippen LogP contribution in [0.3, 0.4) is 0 Å². The first-order valence-corrected chi connectivity index (χ1v) is 13.1. The summed E-state index contributed by atoms with van der Waals surface area (Å²) in [6.07, 6.45) is 0. The second-order valence-corrected chi connectivity index (χ2v) is 11.2. The summed E-state index contributed by atoms with van der Waals surface area (Å²) >= 11 is 1.31. The number of benzene rings is 2. The van der Waals surface area contributed by atoms with E-state index in [1.807, 2.05) is 26.0 Å². The van der Waals surface area contributed by atoms with Gasteiger partial charge >= 0.3 is 5.97 Å². The number of sulfonamides is 1. The number of nitrogens with zero attached hydrogens (tertiary/aromatic N) is 3. The van der Waals surface area contributed by atoms with E-state index in [1.165, 1.54) is 47.0 Å². The second-order valence-electron chi connectivity index (χ2n) is 8.24. The van der Waals surface area contributed by atoms with Crippen LogP contribution in [0.25, 0.3) is 10.2 Å². The SMILES string of the molecule is CCOC(=O)Cn1c(=NC(=O)c2ccc(S(=O)(=O)N(C)C(C)C)cc2)sc2cc(C)c(C)cc21. The van der Waals surface area contributed by atoms with E-state index < -0.39 is 21.9 Å². The maximum Gasteiger partial charge on any atom is 0.326 e. The molecule has 1 amide bonds. The first-order valence-electron chi connectivity index (χ1n) is 10.9. The van der Waals surface area contributed by atoms with Gasteiger partial charge in [0, 0.05) is 18.7 Å². The topological polar surface area (TPSA) is 98.0 Å². The molecule has 182 valence electrons. The monoisotopic (exact) mass is 503 g/mol. The van der Waals surface area contributed by atoms with Crippen molar-refractivity contribution in [1.82, 2.24) is 8.87 Å². The largest absolute Gasteiger partial charge is 0.465 e. The number of esters is 1. The van der Waals surface area contributed by atoms with Crippen LogP contribution in [-0.2, 0) is 26.1 Å². The standard InChI is InChI=1S/C24H29N3O5S2/c1-7-32-22(28)14-27-20-12-16(4)17(5)13-21(20)33-24(27)25-23(29)18-8-10-19(11-9-18)34(30,31)26(6)15(2)3/h8-13,15H,7,14H2,1-6H3. The van der Waals surface area contributed by atoms with E-state index in [1.54, 1.807) is 25.3 Å². The van der Waals surface area contributed by atoms with Gasteiger partial charge in [0.25, 0.3) is 5.91 Å². The van der Waals surface area contributed by atoms with Crippen molar-refractivity contribution in [2.75, 3.05) is 13.7 Å². The summed E-state index contributed by atoms with van der Waals surface area (Å²) < 4.78 is 34.3. The van der Waals surface area contributed by atoms with Crippen molar-refractivity contribution in [2.45, 2.75) is 52.1 Å². The van der Waals surface area contributed by atoms with E-state index in [4.69, 9.17) is 4.74 Å². The molecule has 0 fully saturated rings. The Balaban J connectivity index is 2.03. The zero-order valence-electron chi connectivity index (χ0n) is 20.2. The van der Waals surface area contributed by atoms with Crippen LogP contribution in [0.4, 0.5) is 0 Å². The summed E-state index contributed by atoms with van der Waals surface area (Å²) in [6, 6.07) is 9.48. The Morgan fingerprint density at radius 1 is 1.12 bits per heavy atom. The van der Waals surface area contributed by atoms with E-state index in [2.05, 4.69) is 4.99 Å². The molecule has 0 atom stereocenters. The van der Waals surface area contributed by atoms with Crippen molar-refractivity contribution in [3.05, 3.63) is 57.9 Å². The fraction of sp³-hybridized carbons (Fsp3) is 0.375. The highest BCUT2D eigenvalue weighted by Gasteiger charge is 2.23. The molecule has 0 aliphatic rings. The van der Waals surface area contributed by atoms with Crippen molar-refractivity contribution in [3.63, 3.8) is 0 Å². The Bertz CT molecular complexity index is 1400. The molecule has 0 spiro atoms. The van der Waals surface area contributed by atoms with Gasteiger partial charge in [-0.3, -0.25) is 9.59 Å². The van der Waals surface area contributed by atoms with Crippen molar-refractivity contribution in [3.8, 4) is 0 Å². The Hall–Kier alpha value is -2.82. The van der Waals surface area contributed by atoms with Gasteiger partial charge in [0.05, 0.1) is 21.7 Å². The number of aromatic nitrogens is 1. The molecule has 10 heteroatoms. The lowest BCUT2D eigenvalue weighted by molar-refractivity contribution is -0.143. The molecule has 0 bridgehead atoms. The number of ether oxygens (including phenoxy) is 1. The maximum absolute atomic E-state index is 12.9. The normalized spacial score (nSPS) is 12.6. The molecular formula is C24H29N3O5S2. The fourth-order valence-corrected chi connectivity index (χ4v) is 5.74. The molecule has 3 rings (SSSR count). The average molecular weight is 504 g/mol. The highest BCUT2D eigenvalue weighted by atomic mass is 32.2. The first-order chi connectivity index (χ1) is 15.9. The van der Waals surface area contributed by atoms with E-state index in [-0.39, 0.29) is 29.7 Å². The van der Waals surface area contributed by atoms with Crippen LogP contribution >= 0.6 is 11.3 Å². The van der Waals surface area contributed by atoms with E-state index in [9.17, 15) is 18.0 Å². The predicted molar refractivity (Wildman–Crippen MR) is 132 cm³/mol. The zero-order valence-corrected chi connectivity index (χ0v) is 21.8. The number of hydrogen-bond donors (Lipinski definition) is 0. The van der Waals surface area contributed by atoms with Crippen molar-refractivity contribution >= 4 is 43.5 Å². The highest BCUT2D eigenvalue weighted by Crippen LogP contribution is 2.22.